The fraction of sp³-hybridized carbons (Fsp3) is 0.625. The first-order valence-corrected chi connectivity index (χ1v) is 7.16. The number of benzene rings is 1. The third kappa shape index (κ3) is 4.69. The maximum atomic E-state index is 5.87. The van der Waals surface area contributed by atoms with Crippen molar-refractivity contribution in [1.82, 2.24) is 5.32 Å². The summed E-state index contributed by atoms with van der Waals surface area (Å²) in [6.45, 7) is 9.62. The quantitative estimate of drug-likeness (QED) is 0.693. The molecule has 0 saturated carbocycles. The van der Waals surface area contributed by atoms with Crippen LogP contribution in [0.25, 0.3) is 0 Å². The Morgan fingerprint density at radius 2 is 1.89 bits per heavy atom. The Morgan fingerprint density at radius 3 is 2.56 bits per heavy atom. The molecule has 1 aromatic carbocycles. The van der Waals surface area contributed by atoms with Crippen LogP contribution in [0, 0.1) is 0 Å². The summed E-state index contributed by atoms with van der Waals surface area (Å²) in [6, 6.07) is 9.21. The molecule has 1 N–H and O–H groups in total. The van der Waals surface area contributed by atoms with Gasteiger partial charge in [0.2, 0.25) is 0 Å². The highest BCUT2D eigenvalue weighted by atomic mass is 16.5. The van der Waals surface area contributed by atoms with Gasteiger partial charge in [-0.3, -0.25) is 0 Å². The molecule has 0 fully saturated rings. The van der Waals surface area contributed by atoms with E-state index in [4.69, 9.17) is 4.74 Å². The summed E-state index contributed by atoms with van der Waals surface area (Å²) < 4.78 is 5.87. The number of unbranched alkanes of at least 4 members (excludes halogenated alkanes) is 1. The minimum Gasteiger partial charge on any atom is -0.493 e. The predicted octanol–water partition coefficient (Wildman–Crippen LogP) is 4.31. The van der Waals surface area contributed by atoms with Gasteiger partial charge in [0.1, 0.15) is 5.75 Å². The maximum absolute atomic E-state index is 5.87. The van der Waals surface area contributed by atoms with E-state index in [1.165, 1.54) is 12.0 Å². The molecule has 102 valence electrons. The van der Waals surface area contributed by atoms with Crippen LogP contribution in [-0.2, 0) is 0 Å². The fourth-order valence-electron chi connectivity index (χ4n) is 1.93. The predicted molar refractivity (Wildman–Crippen MR) is 78.1 cm³/mol. The van der Waals surface area contributed by atoms with E-state index in [0.29, 0.717) is 12.1 Å². The number of nitrogens with one attached hydrogen (secondary N) is 1. The van der Waals surface area contributed by atoms with Gasteiger partial charge in [0.15, 0.2) is 0 Å². The van der Waals surface area contributed by atoms with Crippen LogP contribution in [0.1, 0.15) is 58.6 Å². The Hall–Kier alpha value is -1.02. The van der Waals surface area contributed by atoms with Crippen LogP contribution >= 0.6 is 0 Å². The Kier molecular flexibility index (Phi) is 6.81. The molecule has 1 rings (SSSR count). The maximum Gasteiger partial charge on any atom is 0.124 e. The summed E-state index contributed by atoms with van der Waals surface area (Å²) in [5.41, 5.74) is 1.26. The number of hydrogen-bond donors (Lipinski definition) is 1. The average Bonchev–Trinajstić information content (AvgIpc) is 2.39. The van der Waals surface area contributed by atoms with E-state index in [1.807, 2.05) is 6.07 Å². The Balaban J connectivity index is 2.68. The average molecular weight is 249 g/mol. The molecule has 0 unspecified atom stereocenters. The van der Waals surface area contributed by atoms with E-state index in [9.17, 15) is 0 Å². The highest BCUT2D eigenvalue weighted by Crippen LogP contribution is 2.25. The third-order valence-electron chi connectivity index (χ3n) is 3.29. The molecule has 0 aliphatic rings. The van der Waals surface area contributed by atoms with Gasteiger partial charge in [-0.05, 0) is 32.8 Å². The van der Waals surface area contributed by atoms with Gasteiger partial charge < -0.3 is 10.1 Å². The first kappa shape index (κ1) is 15.0. The van der Waals surface area contributed by atoms with E-state index in [0.717, 1.165) is 25.2 Å². The Morgan fingerprint density at radius 1 is 1.17 bits per heavy atom. The lowest BCUT2D eigenvalue weighted by molar-refractivity contribution is 0.302. The zero-order valence-electron chi connectivity index (χ0n) is 12.2. The van der Waals surface area contributed by atoms with E-state index in [1.54, 1.807) is 0 Å². The molecule has 0 saturated heterocycles. The van der Waals surface area contributed by atoms with Crippen LogP contribution in [0.3, 0.4) is 0 Å². The SMILES string of the molecule is CCCCOc1ccccc1[C@H](C)N[C@H](C)CC. The topological polar surface area (TPSA) is 21.3 Å². The van der Waals surface area contributed by atoms with Gasteiger partial charge >= 0.3 is 0 Å². The standard InChI is InChI=1S/C16H27NO/c1-5-7-12-18-16-11-9-8-10-15(16)14(4)17-13(3)6-2/h8-11,13-14,17H,5-7,12H2,1-4H3/t13-,14+/m1/s1. The van der Waals surface area contributed by atoms with Gasteiger partial charge in [0, 0.05) is 17.6 Å². The summed E-state index contributed by atoms with van der Waals surface area (Å²) in [4.78, 5) is 0. The summed E-state index contributed by atoms with van der Waals surface area (Å²) in [6.07, 6.45) is 3.42. The van der Waals surface area contributed by atoms with Crippen molar-refractivity contribution in [2.75, 3.05) is 6.61 Å². The van der Waals surface area contributed by atoms with E-state index < -0.39 is 0 Å². The molecule has 0 spiro atoms. The van der Waals surface area contributed by atoms with E-state index >= 15 is 0 Å². The fourth-order valence-corrected chi connectivity index (χ4v) is 1.93. The summed E-state index contributed by atoms with van der Waals surface area (Å²) in [5.74, 6) is 1.02. The lowest BCUT2D eigenvalue weighted by Gasteiger charge is -2.21. The molecular formula is C16H27NO. The number of rotatable bonds is 8. The molecule has 0 heterocycles. The van der Waals surface area contributed by atoms with Crippen LogP contribution < -0.4 is 10.1 Å². The first-order valence-electron chi connectivity index (χ1n) is 7.16. The van der Waals surface area contributed by atoms with Gasteiger partial charge in [-0.2, -0.15) is 0 Å². The highest BCUT2D eigenvalue weighted by Gasteiger charge is 2.12. The Bertz CT molecular complexity index is 338. The van der Waals surface area contributed by atoms with Crippen molar-refractivity contribution in [3.8, 4) is 5.75 Å². The van der Waals surface area contributed by atoms with Crippen molar-refractivity contribution in [3.63, 3.8) is 0 Å². The highest BCUT2D eigenvalue weighted by molar-refractivity contribution is 5.35. The molecule has 1 aromatic rings. The molecule has 2 atom stereocenters. The van der Waals surface area contributed by atoms with Gasteiger partial charge in [-0.15, -0.1) is 0 Å². The smallest absolute Gasteiger partial charge is 0.124 e. The van der Waals surface area contributed by atoms with Crippen LogP contribution in [0.15, 0.2) is 24.3 Å². The molecule has 0 bridgehead atoms. The molecule has 0 aliphatic carbocycles. The lowest BCUT2D eigenvalue weighted by Crippen LogP contribution is -2.28. The normalized spacial score (nSPS) is 14.2. The largest absolute Gasteiger partial charge is 0.493 e. The molecule has 0 amide bonds. The van der Waals surface area contributed by atoms with E-state index in [-0.39, 0.29) is 0 Å². The van der Waals surface area contributed by atoms with Gasteiger partial charge in [0.25, 0.3) is 0 Å². The monoisotopic (exact) mass is 249 g/mol. The Labute approximate surface area is 112 Å². The van der Waals surface area contributed by atoms with Gasteiger partial charge in [-0.25, -0.2) is 0 Å². The molecule has 2 nitrogen and oxygen atoms in total. The molecular weight excluding hydrogens is 222 g/mol. The zero-order chi connectivity index (χ0) is 13.4. The minimum absolute atomic E-state index is 0.331. The minimum atomic E-state index is 0.331. The first-order chi connectivity index (χ1) is 8.69. The second-order valence-electron chi connectivity index (χ2n) is 4.94. The van der Waals surface area contributed by atoms with Crippen molar-refractivity contribution < 1.29 is 4.74 Å². The van der Waals surface area contributed by atoms with Crippen molar-refractivity contribution in [2.24, 2.45) is 0 Å². The summed E-state index contributed by atoms with van der Waals surface area (Å²) in [7, 11) is 0. The zero-order valence-corrected chi connectivity index (χ0v) is 12.2. The molecule has 0 aromatic heterocycles. The molecule has 0 radical (unpaired) electrons. The van der Waals surface area contributed by atoms with Crippen molar-refractivity contribution >= 4 is 0 Å². The van der Waals surface area contributed by atoms with Crippen molar-refractivity contribution in [1.29, 1.82) is 0 Å². The second kappa shape index (κ2) is 8.15. The molecule has 18 heavy (non-hydrogen) atoms. The number of hydrogen-bond acceptors (Lipinski definition) is 2. The van der Waals surface area contributed by atoms with Gasteiger partial charge in [0.05, 0.1) is 6.61 Å². The number of ether oxygens (including phenoxy) is 1. The van der Waals surface area contributed by atoms with Crippen LogP contribution in [0.2, 0.25) is 0 Å². The summed E-state index contributed by atoms with van der Waals surface area (Å²) >= 11 is 0. The molecule has 0 aliphatic heterocycles. The van der Waals surface area contributed by atoms with Crippen LogP contribution in [0.4, 0.5) is 0 Å². The summed E-state index contributed by atoms with van der Waals surface area (Å²) in [5, 5.41) is 3.60. The van der Waals surface area contributed by atoms with E-state index in [2.05, 4.69) is 51.2 Å². The number of para-hydroxylation sites is 1. The van der Waals surface area contributed by atoms with Gasteiger partial charge in [-0.1, -0.05) is 38.5 Å². The van der Waals surface area contributed by atoms with Crippen molar-refractivity contribution in [2.45, 2.75) is 59.0 Å². The van der Waals surface area contributed by atoms with Crippen LogP contribution in [0.5, 0.6) is 5.75 Å². The third-order valence-corrected chi connectivity index (χ3v) is 3.29. The molecule has 2 heteroatoms. The lowest BCUT2D eigenvalue weighted by atomic mass is 10.1. The second-order valence-corrected chi connectivity index (χ2v) is 4.94. The van der Waals surface area contributed by atoms with Crippen LogP contribution in [-0.4, -0.2) is 12.6 Å². The van der Waals surface area contributed by atoms with Crippen molar-refractivity contribution in [3.05, 3.63) is 29.8 Å².